The number of benzene rings is 3. The maximum Gasteiger partial charge on any atom is 0.261 e. The Hall–Kier alpha value is -3.52. The van der Waals surface area contributed by atoms with Gasteiger partial charge in [0.15, 0.2) is 11.5 Å². The van der Waals surface area contributed by atoms with Gasteiger partial charge in [-0.3, -0.25) is 9.52 Å². The molecule has 1 unspecified atom stereocenters. The highest BCUT2D eigenvalue weighted by Gasteiger charge is 2.22. The van der Waals surface area contributed by atoms with Gasteiger partial charge in [-0.2, -0.15) is 0 Å². The van der Waals surface area contributed by atoms with Crippen LogP contribution in [0.2, 0.25) is 0 Å². The first-order valence-corrected chi connectivity index (χ1v) is 11.3. The van der Waals surface area contributed by atoms with Gasteiger partial charge in [-0.25, -0.2) is 8.42 Å². The van der Waals surface area contributed by atoms with Gasteiger partial charge in [-0.15, -0.1) is 0 Å². The first-order valence-electron chi connectivity index (χ1n) is 9.77. The van der Waals surface area contributed by atoms with Gasteiger partial charge in [-0.05, 0) is 48.9 Å². The van der Waals surface area contributed by atoms with Gasteiger partial charge in [0, 0.05) is 5.56 Å². The molecule has 31 heavy (non-hydrogen) atoms. The van der Waals surface area contributed by atoms with Crippen LogP contribution in [-0.4, -0.2) is 33.6 Å². The van der Waals surface area contributed by atoms with E-state index in [1.807, 2.05) is 24.3 Å². The lowest BCUT2D eigenvalue weighted by Gasteiger charge is -2.26. The average molecular weight is 439 g/mol. The van der Waals surface area contributed by atoms with E-state index in [2.05, 4.69) is 10.0 Å². The van der Waals surface area contributed by atoms with Gasteiger partial charge in [-0.1, -0.05) is 36.4 Å². The number of fused-ring (bicyclic) bond motifs is 1. The molecule has 1 aliphatic rings. The van der Waals surface area contributed by atoms with Crippen molar-refractivity contribution in [1.82, 2.24) is 5.32 Å². The van der Waals surface area contributed by atoms with Crippen LogP contribution >= 0.6 is 0 Å². The summed E-state index contributed by atoms with van der Waals surface area (Å²) in [7, 11) is -3.75. The number of aryl methyl sites for hydroxylation is 1. The lowest BCUT2D eigenvalue weighted by molar-refractivity contribution is 0.0789. The second-order valence-electron chi connectivity index (χ2n) is 7.16. The van der Waals surface area contributed by atoms with Gasteiger partial charge in [0.25, 0.3) is 15.9 Å². The third kappa shape index (κ3) is 4.80. The number of para-hydroxylation sites is 2. The van der Waals surface area contributed by atoms with E-state index < -0.39 is 10.0 Å². The molecule has 1 heterocycles. The molecule has 1 atom stereocenters. The van der Waals surface area contributed by atoms with Crippen LogP contribution in [0, 0.1) is 6.92 Å². The third-order valence-electron chi connectivity index (χ3n) is 4.86. The molecule has 0 aromatic heterocycles. The number of carbonyl (C=O) groups is 1. The summed E-state index contributed by atoms with van der Waals surface area (Å²) in [4.78, 5) is 12.8. The van der Waals surface area contributed by atoms with Gasteiger partial charge < -0.3 is 14.8 Å². The molecular formula is C23H22N2O5S. The number of carbonyl (C=O) groups excluding carboxylic acids is 1. The van der Waals surface area contributed by atoms with Crippen molar-refractivity contribution in [1.29, 1.82) is 0 Å². The molecule has 0 spiro atoms. The summed E-state index contributed by atoms with van der Waals surface area (Å²) in [6, 6.07) is 20.3. The largest absolute Gasteiger partial charge is 0.486 e. The van der Waals surface area contributed by atoms with E-state index in [0.29, 0.717) is 34.9 Å². The van der Waals surface area contributed by atoms with Crippen LogP contribution in [0.5, 0.6) is 11.5 Å². The Labute approximate surface area is 181 Å². The highest BCUT2D eigenvalue weighted by Crippen LogP contribution is 2.30. The maximum atomic E-state index is 12.6. The van der Waals surface area contributed by atoms with Crippen molar-refractivity contribution in [2.45, 2.75) is 17.9 Å². The van der Waals surface area contributed by atoms with Crippen LogP contribution in [0.3, 0.4) is 0 Å². The molecule has 0 radical (unpaired) electrons. The maximum absolute atomic E-state index is 12.6. The van der Waals surface area contributed by atoms with E-state index in [-0.39, 0.29) is 23.5 Å². The van der Waals surface area contributed by atoms with Crippen molar-refractivity contribution in [2.24, 2.45) is 0 Å². The number of nitrogens with one attached hydrogen (secondary N) is 2. The van der Waals surface area contributed by atoms with E-state index in [0.717, 1.165) is 0 Å². The van der Waals surface area contributed by atoms with Crippen LogP contribution in [0.1, 0.15) is 15.9 Å². The molecule has 8 heteroatoms. The topological polar surface area (TPSA) is 93.7 Å². The number of anilines is 1. The standard InChI is InChI=1S/C23H22N2O5S/c1-16-11-12-17(13-20(16)25-31(27,28)19-7-3-2-4-8-19)23(26)24-14-18-15-29-21-9-5-6-10-22(21)30-18/h2-13,18,25H,14-15H2,1H3,(H,24,26). The molecule has 3 aromatic rings. The lowest BCUT2D eigenvalue weighted by atomic mass is 10.1. The number of hydrogen-bond donors (Lipinski definition) is 2. The van der Waals surface area contributed by atoms with E-state index in [4.69, 9.17) is 9.47 Å². The normalized spacial score (nSPS) is 15.2. The Morgan fingerprint density at radius 1 is 1.00 bits per heavy atom. The number of amides is 1. The zero-order valence-electron chi connectivity index (χ0n) is 16.9. The molecule has 0 saturated carbocycles. The fourth-order valence-corrected chi connectivity index (χ4v) is 4.29. The minimum absolute atomic E-state index is 0.152. The minimum Gasteiger partial charge on any atom is -0.486 e. The summed E-state index contributed by atoms with van der Waals surface area (Å²) < 4.78 is 39.3. The summed E-state index contributed by atoms with van der Waals surface area (Å²) in [6.45, 7) is 2.36. The number of rotatable bonds is 6. The first-order chi connectivity index (χ1) is 14.9. The Balaban J connectivity index is 1.43. The fraction of sp³-hybridized carbons (Fsp3) is 0.174. The van der Waals surface area contributed by atoms with E-state index >= 15 is 0 Å². The van der Waals surface area contributed by atoms with E-state index in [1.54, 1.807) is 37.3 Å². The Bertz CT molecular complexity index is 1200. The molecule has 2 N–H and O–H groups in total. The molecule has 1 amide bonds. The lowest BCUT2D eigenvalue weighted by Crippen LogP contribution is -2.40. The summed E-state index contributed by atoms with van der Waals surface area (Å²) >= 11 is 0. The monoisotopic (exact) mass is 438 g/mol. The number of sulfonamides is 1. The third-order valence-corrected chi connectivity index (χ3v) is 6.24. The highest BCUT2D eigenvalue weighted by atomic mass is 32.2. The van der Waals surface area contributed by atoms with E-state index in [1.165, 1.54) is 18.2 Å². The quantitative estimate of drug-likeness (QED) is 0.616. The van der Waals surface area contributed by atoms with Crippen molar-refractivity contribution >= 4 is 21.6 Å². The minimum atomic E-state index is -3.75. The second-order valence-corrected chi connectivity index (χ2v) is 8.84. The summed E-state index contributed by atoms with van der Waals surface area (Å²) in [5.41, 5.74) is 1.40. The number of ether oxygens (including phenoxy) is 2. The predicted octanol–water partition coefficient (Wildman–Crippen LogP) is 3.37. The summed E-state index contributed by atoms with van der Waals surface area (Å²) in [5.74, 6) is 0.988. The van der Waals surface area contributed by atoms with Crippen LogP contribution < -0.4 is 19.5 Å². The molecule has 3 aromatic carbocycles. The molecule has 0 fully saturated rings. The molecule has 0 aliphatic carbocycles. The van der Waals surface area contributed by atoms with Gasteiger partial charge in [0.1, 0.15) is 12.7 Å². The van der Waals surface area contributed by atoms with Crippen LogP contribution in [0.4, 0.5) is 5.69 Å². The molecule has 7 nitrogen and oxygen atoms in total. The van der Waals surface area contributed by atoms with Crippen molar-refractivity contribution in [3.8, 4) is 11.5 Å². The SMILES string of the molecule is Cc1ccc(C(=O)NCC2COc3ccccc3O2)cc1NS(=O)(=O)c1ccccc1. The zero-order valence-corrected chi connectivity index (χ0v) is 17.7. The smallest absolute Gasteiger partial charge is 0.261 e. The van der Waals surface area contributed by atoms with Crippen molar-refractivity contribution in [3.63, 3.8) is 0 Å². The molecule has 0 saturated heterocycles. The molecule has 4 rings (SSSR count). The summed E-state index contributed by atoms with van der Waals surface area (Å²) in [5, 5.41) is 2.82. The molecular weight excluding hydrogens is 416 g/mol. The van der Waals surface area contributed by atoms with Crippen molar-refractivity contribution < 1.29 is 22.7 Å². The first kappa shape index (κ1) is 20.7. The fourth-order valence-electron chi connectivity index (χ4n) is 3.15. The molecule has 0 bridgehead atoms. The highest BCUT2D eigenvalue weighted by molar-refractivity contribution is 7.92. The number of hydrogen-bond acceptors (Lipinski definition) is 5. The van der Waals surface area contributed by atoms with Gasteiger partial charge >= 0.3 is 0 Å². The average Bonchev–Trinajstić information content (AvgIpc) is 2.79. The van der Waals surface area contributed by atoms with Crippen LogP contribution in [0.15, 0.2) is 77.7 Å². The Kier molecular flexibility index (Phi) is 5.81. The van der Waals surface area contributed by atoms with Crippen LogP contribution in [-0.2, 0) is 10.0 Å². The van der Waals surface area contributed by atoms with Crippen molar-refractivity contribution in [2.75, 3.05) is 17.9 Å². The zero-order chi connectivity index (χ0) is 21.8. The molecule has 1 aliphatic heterocycles. The summed E-state index contributed by atoms with van der Waals surface area (Å²) in [6.07, 6.45) is -0.319. The predicted molar refractivity (Wildman–Crippen MR) is 117 cm³/mol. The Morgan fingerprint density at radius 3 is 2.48 bits per heavy atom. The Morgan fingerprint density at radius 2 is 1.71 bits per heavy atom. The van der Waals surface area contributed by atoms with Crippen molar-refractivity contribution in [3.05, 3.63) is 83.9 Å². The van der Waals surface area contributed by atoms with E-state index in [9.17, 15) is 13.2 Å². The van der Waals surface area contributed by atoms with Crippen LogP contribution in [0.25, 0.3) is 0 Å². The van der Waals surface area contributed by atoms with Gasteiger partial charge in [0.2, 0.25) is 0 Å². The second kappa shape index (κ2) is 8.69. The van der Waals surface area contributed by atoms with Gasteiger partial charge in [0.05, 0.1) is 17.1 Å². The molecule has 160 valence electrons.